The number of aliphatic hydroxyl groups is 1. The smallest absolute Gasteiger partial charge is 0.251 e. The van der Waals surface area contributed by atoms with Crippen LogP contribution in [0.5, 0.6) is 0 Å². The first-order valence-electron chi connectivity index (χ1n) is 4.62. The third-order valence-corrected chi connectivity index (χ3v) is 1.96. The molecular weight excluding hydrogens is 190 g/mol. The maximum absolute atomic E-state index is 11.5. The monoisotopic (exact) mass is 203 g/mol. The van der Waals surface area contributed by atoms with E-state index in [0.717, 1.165) is 5.56 Å². The van der Waals surface area contributed by atoms with Crippen molar-refractivity contribution in [3.8, 4) is 12.3 Å². The van der Waals surface area contributed by atoms with Crippen molar-refractivity contribution in [2.24, 2.45) is 0 Å². The quantitative estimate of drug-likeness (QED) is 0.711. The molecule has 1 unspecified atom stereocenters. The van der Waals surface area contributed by atoms with Crippen LogP contribution in [0.25, 0.3) is 0 Å². The normalized spacial score (nSPS) is 11.5. The predicted octanol–water partition coefficient (Wildman–Crippen LogP) is 0.719. The van der Waals surface area contributed by atoms with E-state index in [-0.39, 0.29) is 12.5 Å². The zero-order valence-electron chi connectivity index (χ0n) is 8.53. The van der Waals surface area contributed by atoms with E-state index >= 15 is 0 Å². The molecule has 3 heteroatoms. The highest BCUT2D eigenvalue weighted by atomic mass is 16.3. The first kappa shape index (κ1) is 11.3. The number of hydrogen-bond donors (Lipinski definition) is 2. The van der Waals surface area contributed by atoms with E-state index in [2.05, 4.69) is 11.2 Å². The number of aryl methyl sites for hydroxylation is 1. The molecule has 0 radical (unpaired) electrons. The summed E-state index contributed by atoms with van der Waals surface area (Å²) in [6.45, 7) is 2.02. The van der Waals surface area contributed by atoms with Crippen molar-refractivity contribution < 1.29 is 9.90 Å². The van der Waals surface area contributed by atoms with Crippen molar-refractivity contribution in [3.05, 3.63) is 35.4 Å². The van der Waals surface area contributed by atoms with E-state index in [1.807, 2.05) is 19.1 Å². The molecule has 0 saturated carbocycles. The Labute approximate surface area is 89.1 Å². The van der Waals surface area contributed by atoms with Crippen LogP contribution in [0.1, 0.15) is 15.9 Å². The lowest BCUT2D eigenvalue weighted by molar-refractivity contribution is 0.0934. The molecule has 3 nitrogen and oxygen atoms in total. The number of rotatable bonds is 3. The molecular formula is C12H13NO2. The number of amides is 1. The van der Waals surface area contributed by atoms with Gasteiger partial charge in [-0.2, -0.15) is 0 Å². The highest BCUT2D eigenvalue weighted by molar-refractivity contribution is 5.94. The van der Waals surface area contributed by atoms with Gasteiger partial charge in [-0.1, -0.05) is 23.6 Å². The number of carbonyl (C=O) groups excluding carboxylic acids is 1. The highest BCUT2D eigenvalue weighted by Crippen LogP contribution is 2.02. The Morgan fingerprint density at radius 2 is 2.13 bits per heavy atom. The molecule has 15 heavy (non-hydrogen) atoms. The molecule has 1 atom stereocenters. The summed E-state index contributed by atoms with van der Waals surface area (Å²) in [5.74, 6) is 1.89. The van der Waals surface area contributed by atoms with Gasteiger partial charge in [-0.05, 0) is 19.1 Å². The van der Waals surface area contributed by atoms with Gasteiger partial charge in [0, 0.05) is 5.56 Å². The summed E-state index contributed by atoms with van der Waals surface area (Å²) in [6, 6.07) is 7.17. The molecule has 1 amide bonds. The minimum absolute atomic E-state index is 0.0726. The van der Waals surface area contributed by atoms with E-state index in [0.29, 0.717) is 5.56 Å². The molecule has 1 aromatic carbocycles. The van der Waals surface area contributed by atoms with Gasteiger partial charge in [-0.3, -0.25) is 4.79 Å². The molecule has 2 N–H and O–H groups in total. The van der Waals surface area contributed by atoms with E-state index in [9.17, 15) is 4.79 Å². The van der Waals surface area contributed by atoms with Gasteiger partial charge < -0.3 is 10.4 Å². The first-order chi connectivity index (χ1) is 7.13. The van der Waals surface area contributed by atoms with Gasteiger partial charge in [0.1, 0.15) is 6.10 Å². The molecule has 0 bridgehead atoms. The molecule has 1 aromatic rings. The summed E-state index contributed by atoms with van der Waals surface area (Å²) in [7, 11) is 0. The van der Waals surface area contributed by atoms with Crippen molar-refractivity contribution in [3.63, 3.8) is 0 Å². The number of carbonyl (C=O) groups is 1. The fourth-order valence-corrected chi connectivity index (χ4v) is 1.06. The van der Waals surface area contributed by atoms with Gasteiger partial charge in [0.15, 0.2) is 0 Å². The average molecular weight is 203 g/mol. The maximum Gasteiger partial charge on any atom is 0.251 e. The van der Waals surface area contributed by atoms with Gasteiger partial charge in [-0.15, -0.1) is 6.42 Å². The Kier molecular flexibility index (Phi) is 3.90. The minimum Gasteiger partial charge on any atom is -0.379 e. The van der Waals surface area contributed by atoms with Crippen LogP contribution in [0.15, 0.2) is 24.3 Å². The second-order valence-electron chi connectivity index (χ2n) is 3.26. The Morgan fingerprint density at radius 3 is 2.67 bits per heavy atom. The fourth-order valence-electron chi connectivity index (χ4n) is 1.06. The molecule has 0 spiro atoms. The van der Waals surface area contributed by atoms with Crippen LogP contribution >= 0.6 is 0 Å². The van der Waals surface area contributed by atoms with E-state index in [1.54, 1.807) is 12.1 Å². The van der Waals surface area contributed by atoms with Crippen molar-refractivity contribution >= 4 is 5.91 Å². The van der Waals surface area contributed by atoms with Crippen molar-refractivity contribution in [1.29, 1.82) is 0 Å². The number of terminal acetylenes is 1. The van der Waals surface area contributed by atoms with E-state index in [4.69, 9.17) is 11.5 Å². The summed E-state index contributed by atoms with van der Waals surface area (Å²) in [4.78, 5) is 11.5. The molecule has 78 valence electrons. The summed E-state index contributed by atoms with van der Waals surface area (Å²) in [6.07, 6.45) is 4.03. The molecule has 0 fully saturated rings. The fraction of sp³-hybridized carbons (Fsp3) is 0.250. The zero-order valence-corrected chi connectivity index (χ0v) is 8.53. The van der Waals surface area contributed by atoms with Gasteiger partial charge in [0.05, 0.1) is 6.54 Å². The average Bonchev–Trinajstić information content (AvgIpc) is 2.26. The van der Waals surface area contributed by atoms with Crippen LogP contribution < -0.4 is 5.32 Å². The number of hydrogen-bond acceptors (Lipinski definition) is 2. The predicted molar refractivity (Wildman–Crippen MR) is 58.4 cm³/mol. The lowest BCUT2D eigenvalue weighted by atomic mass is 10.1. The molecule has 0 aromatic heterocycles. The zero-order chi connectivity index (χ0) is 11.3. The van der Waals surface area contributed by atoms with Crippen LogP contribution in [-0.4, -0.2) is 23.7 Å². The second kappa shape index (κ2) is 5.18. The molecule has 1 rings (SSSR count). The van der Waals surface area contributed by atoms with Crippen LogP contribution in [0.4, 0.5) is 0 Å². The molecule has 0 aliphatic rings. The van der Waals surface area contributed by atoms with Gasteiger partial charge in [0.2, 0.25) is 0 Å². The lowest BCUT2D eigenvalue weighted by Gasteiger charge is -2.06. The number of benzene rings is 1. The van der Waals surface area contributed by atoms with E-state index in [1.165, 1.54) is 0 Å². The Balaban J connectivity index is 2.55. The van der Waals surface area contributed by atoms with Crippen LogP contribution in [0.2, 0.25) is 0 Å². The molecule has 0 saturated heterocycles. The van der Waals surface area contributed by atoms with Gasteiger partial charge in [-0.25, -0.2) is 0 Å². The van der Waals surface area contributed by atoms with Gasteiger partial charge >= 0.3 is 0 Å². The SMILES string of the molecule is C#CC(O)CNC(=O)c1ccc(C)cc1. The highest BCUT2D eigenvalue weighted by Gasteiger charge is 2.06. The van der Waals surface area contributed by atoms with Crippen molar-refractivity contribution in [2.75, 3.05) is 6.54 Å². The summed E-state index contributed by atoms with van der Waals surface area (Å²) in [5, 5.41) is 11.6. The second-order valence-corrected chi connectivity index (χ2v) is 3.26. The third-order valence-electron chi connectivity index (χ3n) is 1.96. The van der Waals surface area contributed by atoms with E-state index < -0.39 is 6.10 Å². The lowest BCUT2D eigenvalue weighted by Crippen LogP contribution is -2.31. The van der Waals surface area contributed by atoms with Crippen LogP contribution in [0.3, 0.4) is 0 Å². The third kappa shape index (κ3) is 3.45. The summed E-state index contributed by atoms with van der Waals surface area (Å²) in [5.41, 5.74) is 1.65. The standard InChI is InChI=1S/C12H13NO2/c1-3-11(14)8-13-12(15)10-6-4-9(2)5-7-10/h1,4-7,11,14H,8H2,2H3,(H,13,15). The molecule has 0 aliphatic heterocycles. The Bertz CT molecular complexity index is 376. The Hall–Kier alpha value is -1.79. The Morgan fingerprint density at radius 1 is 1.53 bits per heavy atom. The summed E-state index contributed by atoms with van der Waals surface area (Å²) >= 11 is 0. The van der Waals surface area contributed by atoms with Crippen LogP contribution in [-0.2, 0) is 0 Å². The van der Waals surface area contributed by atoms with Crippen molar-refractivity contribution in [2.45, 2.75) is 13.0 Å². The minimum atomic E-state index is -0.931. The first-order valence-corrected chi connectivity index (χ1v) is 4.62. The largest absolute Gasteiger partial charge is 0.379 e. The number of aliphatic hydroxyl groups excluding tert-OH is 1. The van der Waals surface area contributed by atoms with Crippen molar-refractivity contribution in [1.82, 2.24) is 5.32 Å². The number of nitrogens with one attached hydrogen (secondary N) is 1. The van der Waals surface area contributed by atoms with Crippen LogP contribution in [0, 0.1) is 19.3 Å². The topological polar surface area (TPSA) is 49.3 Å². The maximum atomic E-state index is 11.5. The molecule has 0 heterocycles. The summed E-state index contributed by atoms with van der Waals surface area (Å²) < 4.78 is 0. The molecule has 0 aliphatic carbocycles. The van der Waals surface area contributed by atoms with Gasteiger partial charge in [0.25, 0.3) is 5.91 Å².